The van der Waals surface area contributed by atoms with Crippen LogP contribution in [0.1, 0.15) is 114 Å². The first-order valence-corrected chi connectivity index (χ1v) is 16.2. The summed E-state index contributed by atoms with van der Waals surface area (Å²) in [7, 11) is 0. The van der Waals surface area contributed by atoms with Crippen LogP contribution in [-0.2, 0) is 27.3 Å². The zero-order chi connectivity index (χ0) is 30.7. The van der Waals surface area contributed by atoms with Crippen molar-refractivity contribution in [1.29, 1.82) is 0 Å². The molecule has 0 spiro atoms. The molecule has 1 aromatic heterocycles. The van der Waals surface area contributed by atoms with Crippen LogP contribution in [0.25, 0.3) is 16.7 Å². The van der Waals surface area contributed by atoms with E-state index in [1.165, 1.54) is 87.9 Å². The monoisotopic (exact) mass is 590 g/mol. The lowest BCUT2D eigenvalue weighted by Crippen LogP contribution is -2.20. The van der Waals surface area contributed by atoms with E-state index in [1.54, 1.807) is 12.1 Å². The molecule has 0 saturated heterocycles. The number of aromatic hydroxyl groups is 1. The molecule has 0 aliphatic heterocycles. The molecule has 3 aromatic rings. The Morgan fingerprint density at radius 1 is 0.884 bits per heavy atom. The van der Waals surface area contributed by atoms with Crippen LogP contribution in [0.3, 0.4) is 0 Å². The Morgan fingerprint density at radius 3 is 2.00 bits per heavy atom. The molecule has 0 fully saturated rings. The zero-order valence-corrected chi connectivity index (χ0v) is 26.0. The van der Waals surface area contributed by atoms with Crippen LogP contribution in [0.4, 0.5) is 0 Å². The van der Waals surface area contributed by atoms with Gasteiger partial charge in [-0.1, -0.05) is 115 Å². The van der Waals surface area contributed by atoms with E-state index < -0.39 is 0 Å². The number of amides is 1. The van der Waals surface area contributed by atoms with Crippen LogP contribution in [0.2, 0.25) is 0 Å². The lowest BCUT2D eigenvalue weighted by atomic mass is 10.0. The number of ether oxygens (including phenoxy) is 1. The molecule has 2 aromatic carbocycles. The van der Waals surface area contributed by atoms with Crippen molar-refractivity contribution in [3.8, 4) is 11.4 Å². The molecule has 0 saturated carbocycles. The largest absolute Gasteiger partial charge is 0.505 e. The van der Waals surface area contributed by atoms with Crippen molar-refractivity contribution in [2.24, 2.45) is 0 Å². The Kier molecular flexibility index (Phi) is 15.3. The van der Waals surface area contributed by atoms with Gasteiger partial charge in [0, 0.05) is 18.5 Å². The van der Waals surface area contributed by atoms with E-state index >= 15 is 0 Å². The third-order valence-corrected chi connectivity index (χ3v) is 7.75. The topological polar surface area (TPSA) is 106 Å². The van der Waals surface area contributed by atoms with Crippen molar-refractivity contribution in [3.05, 3.63) is 60.2 Å². The Balaban J connectivity index is 1.38. The predicted molar refractivity (Wildman–Crippen MR) is 172 cm³/mol. The summed E-state index contributed by atoms with van der Waals surface area (Å²) < 4.78 is 5.49. The normalized spacial score (nSPS) is 11.1. The second-order valence-corrected chi connectivity index (χ2v) is 11.3. The molecule has 0 atom stereocenters. The Morgan fingerprint density at radius 2 is 1.44 bits per heavy atom. The number of esters is 1. The third-order valence-electron chi connectivity index (χ3n) is 7.75. The van der Waals surface area contributed by atoms with Gasteiger partial charge in [-0.05, 0) is 42.7 Å². The van der Waals surface area contributed by atoms with Gasteiger partial charge in [0.05, 0.1) is 6.61 Å². The summed E-state index contributed by atoms with van der Waals surface area (Å²) in [5, 5.41) is 22.7. The highest BCUT2D eigenvalue weighted by Crippen LogP contribution is 2.29. The van der Waals surface area contributed by atoms with Crippen LogP contribution in [0, 0.1) is 0 Å². The van der Waals surface area contributed by atoms with E-state index in [2.05, 4.69) is 29.0 Å². The van der Waals surface area contributed by atoms with Gasteiger partial charge >= 0.3 is 5.97 Å². The molecule has 0 bridgehead atoms. The van der Waals surface area contributed by atoms with Crippen LogP contribution in [0.15, 0.2) is 49.1 Å². The fraction of sp³-hybridized carbons (Fsp3) is 0.543. The van der Waals surface area contributed by atoms with E-state index in [4.69, 9.17) is 4.74 Å². The maximum absolute atomic E-state index is 12.5. The fourth-order valence-electron chi connectivity index (χ4n) is 5.20. The van der Waals surface area contributed by atoms with E-state index in [-0.39, 0.29) is 30.6 Å². The molecule has 0 radical (unpaired) electrons. The van der Waals surface area contributed by atoms with Gasteiger partial charge in [0.2, 0.25) is 5.91 Å². The van der Waals surface area contributed by atoms with Gasteiger partial charge < -0.3 is 15.2 Å². The van der Waals surface area contributed by atoms with Gasteiger partial charge in [0.1, 0.15) is 22.5 Å². The number of benzene rings is 2. The molecule has 8 nitrogen and oxygen atoms in total. The molecule has 1 amide bonds. The number of carbonyl (C=O) groups excluding carboxylic acids is 2. The summed E-state index contributed by atoms with van der Waals surface area (Å²) >= 11 is 0. The summed E-state index contributed by atoms with van der Waals surface area (Å²) in [5.74, 6) is -0.621. The molecule has 2 N–H and O–H groups in total. The van der Waals surface area contributed by atoms with Gasteiger partial charge in [0.25, 0.3) is 0 Å². The number of hydrogen-bond acceptors (Lipinski definition) is 6. The van der Waals surface area contributed by atoms with Crippen molar-refractivity contribution in [3.63, 3.8) is 0 Å². The minimum absolute atomic E-state index is 0.0335. The maximum atomic E-state index is 12.5. The number of rotatable bonds is 22. The third kappa shape index (κ3) is 12.2. The summed E-state index contributed by atoms with van der Waals surface area (Å²) in [6, 6.07) is 11.0. The SMILES string of the molecule is C=CC(=O)NCc1cc(CCC(=O)OCCCCCCCCCCCCCCCC)cc(-n2nc3ccccc3n2)c1O. The van der Waals surface area contributed by atoms with Crippen LogP contribution < -0.4 is 5.32 Å². The van der Waals surface area contributed by atoms with Crippen molar-refractivity contribution in [2.45, 2.75) is 116 Å². The first-order valence-electron chi connectivity index (χ1n) is 16.2. The summed E-state index contributed by atoms with van der Waals surface area (Å²) in [5.41, 5.74) is 3.08. The van der Waals surface area contributed by atoms with Gasteiger partial charge in [-0.15, -0.1) is 15.0 Å². The summed E-state index contributed by atoms with van der Waals surface area (Å²) in [6.07, 6.45) is 19.9. The second kappa shape index (κ2) is 19.5. The van der Waals surface area contributed by atoms with Crippen molar-refractivity contribution in [1.82, 2.24) is 20.3 Å². The first kappa shape index (κ1) is 33.8. The number of unbranched alkanes of at least 4 members (excludes halogenated alkanes) is 13. The number of carbonyl (C=O) groups is 2. The van der Waals surface area contributed by atoms with Crippen molar-refractivity contribution >= 4 is 22.9 Å². The zero-order valence-electron chi connectivity index (χ0n) is 26.0. The van der Waals surface area contributed by atoms with E-state index in [1.807, 2.05) is 24.3 Å². The number of fused-ring (bicyclic) bond motifs is 1. The van der Waals surface area contributed by atoms with E-state index in [0.717, 1.165) is 18.4 Å². The van der Waals surface area contributed by atoms with Crippen molar-refractivity contribution in [2.75, 3.05) is 6.61 Å². The average Bonchev–Trinajstić information content (AvgIpc) is 3.45. The quantitative estimate of drug-likeness (QED) is 0.0700. The molecule has 0 aliphatic carbocycles. The van der Waals surface area contributed by atoms with Gasteiger partial charge in [-0.2, -0.15) is 0 Å². The first-order chi connectivity index (χ1) is 21.0. The second-order valence-electron chi connectivity index (χ2n) is 11.3. The molecule has 8 heteroatoms. The maximum Gasteiger partial charge on any atom is 0.306 e. The summed E-state index contributed by atoms with van der Waals surface area (Å²) in [4.78, 5) is 25.6. The van der Waals surface area contributed by atoms with Gasteiger partial charge in [-0.25, -0.2) is 0 Å². The molecule has 1 heterocycles. The van der Waals surface area contributed by atoms with Gasteiger partial charge in [-0.3, -0.25) is 9.59 Å². The van der Waals surface area contributed by atoms with Crippen LogP contribution in [-0.4, -0.2) is 38.6 Å². The molecule has 3 rings (SSSR count). The lowest BCUT2D eigenvalue weighted by Gasteiger charge is -2.13. The number of nitrogens with zero attached hydrogens (tertiary/aromatic N) is 3. The van der Waals surface area contributed by atoms with Crippen molar-refractivity contribution < 1.29 is 19.4 Å². The predicted octanol–water partition coefficient (Wildman–Crippen LogP) is 7.89. The molecular formula is C35H50N4O4. The number of phenolic OH excluding ortho intramolecular Hbond substituents is 1. The number of hydrogen-bond donors (Lipinski definition) is 2. The fourth-order valence-corrected chi connectivity index (χ4v) is 5.20. The van der Waals surface area contributed by atoms with Crippen LogP contribution in [0.5, 0.6) is 5.75 Å². The Hall–Kier alpha value is -3.68. The van der Waals surface area contributed by atoms with Gasteiger partial charge in [0.15, 0.2) is 0 Å². The average molecular weight is 591 g/mol. The Labute approximate surface area is 256 Å². The number of aromatic nitrogens is 3. The highest BCUT2D eigenvalue weighted by atomic mass is 16.5. The highest BCUT2D eigenvalue weighted by molar-refractivity contribution is 5.86. The standard InChI is InChI=1S/C35H50N4O4/c1-3-5-6-7-8-9-10-11-12-13-14-15-16-19-24-43-34(41)23-22-28-25-29(27-36-33(40)4-2)35(42)32(26-28)39-37-30-20-17-18-21-31(30)38-39/h4,17-18,20-21,25-26,42H,2-3,5-16,19,22-24,27H2,1H3,(H,36,40). The molecule has 0 aliphatic rings. The minimum Gasteiger partial charge on any atom is -0.505 e. The van der Waals surface area contributed by atoms with Crippen LogP contribution >= 0.6 is 0 Å². The number of nitrogens with one attached hydrogen (secondary N) is 1. The van der Waals surface area contributed by atoms with E-state index in [9.17, 15) is 14.7 Å². The molecule has 0 unspecified atom stereocenters. The smallest absolute Gasteiger partial charge is 0.306 e. The number of phenols is 1. The molecule has 234 valence electrons. The highest BCUT2D eigenvalue weighted by Gasteiger charge is 2.16. The Bertz CT molecular complexity index is 1250. The molecule has 43 heavy (non-hydrogen) atoms. The van der Waals surface area contributed by atoms with E-state index in [0.29, 0.717) is 35.3 Å². The number of aryl methyl sites for hydroxylation is 1. The summed E-state index contributed by atoms with van der Waals surface area (Å²) in [6.45, 7) is 6.28. The minimum atomic E-state index is -0.346. The lowest BCUT2D eigenvalue weighted by molar-refractivity contribution is -0.143. The molecular weight excluding hydrogens is 540 g/mol.